The average Bonchev–Trinajstić information content (AvgIpc) is 2.81. The highest BCUT2D eigenvalue weighted by atomic mass is 32.2. The van der Waals surface area contributed by atoms with Crippen molar-refractivity contribution < 1.29 is 0 Å². The number of aromatic nitrogens is 1. The van der Waals surface area contributed by atoms with Gasteiger partial charge in [0.05, 0.1) is 0 Å². The van der Waals surface area contributed by atoms with E-state index in [4.69, 9.17) is 0 Å². The van der Waals surface area contributed by atoms with Gasteiger partial charge < -0.3 is 5.32 Å². The van der Waals surface area contributed by atoms with Gasteiger partial charge in [-0.2, -0.15) is 0 Å². The van der Waals surface area contributed by atoms with Crippen molar-refractivity contribution in [1.82, 2.24) is 10.3 Å². The van der Waals surface area contributed by atoms with Gasteiger partial charge in [-0.25, -0.2) is 0 Å². The van der Waals surface area contributed by atoms with Crippen molar-refractivity contribution in [1.29, 1.82) is 0 Å². The number of thioether (sulfide) groups is 1. The minimum Gasteiger partial charge on any atom is -0.305 e. The number of hydrogen-bond donors (Lipinski definition) is 1. The molecule has 0 bridgehead atoms. The summed E-state index contributed by atoms with van der Waals surface area (Å²) in [6.07, 6.45) is 3.79. The third kappa shape index (κ3) is 2.28. The molecule has 3 heteroatoms. The third-order valence-electron chi connectivity index (χ3n) is 3.38. The van der Waals surface area contributed by atoms with E-state index in [1.807, 2.05) is 24.2 Å². The first-order valence-corrected chi connectivity index (χ1v) is 7.18. The second kappa shape index (κ2) is 5.12. The second-order valence-electron chi connectivity index (χ2n) is 4.58. The fourth-order valence-corrected chi connectivity index (χ4v) is 3.46. The van der Waals surface area contributed by atoms with Crippen LogP contribution < -0.4 is 5.32 Å². The lowest BCUT2D eigenvalue weighted by Crippen LogP contribution is -2.21. The molecule has 0 saturated carbocycles. The Morgan fingerprint density at radius 3 is 3.11 bits per heavy atom. The Kier molecular flexibility index (Phi) is 3.35. The van der Waals surface area contributed by atoms with Gasteiger partial charge in [-0.3, -0.25) is 4.98 Å². The monoisotopic (exact) mass is 256 g/mol. The Morgan fingerprint density at radius 1 is 1.33 bits per heavy atom. The Morgan fingerprint density at radius 2 is 2.22 bits per heavy atom. The Hall–Kier alpha value is -1.32. The number of nitrogens with zero attached hydrogens (tertiary/aromatic N) is 1. The third-order valence-corrected chi connectivity index (χ3v) is 4.56. The van der Waals surface area contributed by atoms with Gasteiger partial charge in [0.15, 0.2) is 0 Å². The topological polar surface area (TPSA) is 24.9 Å². The van der Waals surface area contributed by atoms with Gasteiger partial charge in [-0.15, -0.1) is 11.8 Å². The second-order valence-corrected chi connectivity index (χ2v) is 5.65. The summed E-state index contributed by atoms with van der Waals surface area (Å²) in [6, 6.07) is 11.2. The molecule has 1 N–H and O–H groups in total. The zero-order valence-electron chi connectivity index (χ0n) is 10.4. The molecule has 1 aliphatic heterocycles. The summed E-state index contributed by atoms with van der Waals surface area (Å²) in [7, 11) is 0. The van der Waals surface area contributed by atoms with Crippen LogP contribution in [0.15, 0.2) is 47.6 Å². The largest absolute Gasteiger partial charge is 0.305 e. The first-order chi connectivity index (χ1) is 8.84. The van der Waals surface area contributed by atoms with E-state index in [9.17, 15) is 0 Å². The molecule has 3 rings (SSSR count). The molecule has 92 valence electrons. The molecule has 1 aliphatic rings. The zero-order chi connectivity index (χ0) is 12.4. The Labute approximate surface area is 112 Å². The molecule has 1 unspecified atom stereocenters. The number of fused-ring (bicyclic) bond motifs is 1. The number of hydrogen-bond acceptors (Lipinski definition) is 3. The predicted molar refractivity (Wildman–Crippen MR) is 75.7 cm³/mol. The molecule has 2 aromatic rings. The van der Waals surface area contributed by atoms with Crippen molar-refractivity contribution in [3.63, 3.8) is 0 Å². The highest BCUT2D eigenvalue weighted by Crippen LogP contribution is 2.37. The minimum absolute atomic E-state index is 0.471. The maximum absolute atomic E-state index is 4.13. The summed E-state index contributed by atoms with van der Waals surface area (Å²) in [5, 5.41) is 3.65. The highest BCUT2D eigenvalue weighted by molar-refractivity contribution is 7.99. The van der Waals surface area contributed by atoms with Gasteiger partial charge in [0.25, 0.3) is 0 Å². The first-order valence-electron chi connectivity index (χ1n) is 6.19. The minimum atomic E-state index is 0.471. The highest BCUT2D eigenvalue weighted by Gasteiger charge is 2.21. The molecule has 1 aromatic heterocycles. The van der Waals surface area contributed by atoms with Crippen molar-refractivity contribution in [2.45, 2.75) is 24.4 Å². The summed E-state index contributed by atoms with van der Waals surface area (Å²) in [4.78, 5) is 5.55. The van der Waals surface area contributed by atoms with E-state index in [2.05, 4.69) is 47.6 Å². The van der Waals surface area contributed by atoms with Crippen molar-refractivity contribution in [3.8, 4) is 0 Å². The van der Waals surface area contributed by atoms with Gasteiger partial charge in [-0.1, -0.05) is 18.2 Å². The predicted octanol–water partition coefficient (Wildman–Crippen LogP) is 3.33. The molecule has 0 radical (unpaired) electrons. The molecule has 0 amide bonds. The number of nitrogens with one attached hydrogen (secondary N) is 1. The molecule has 2 nitrogen and oxygen atoms in total. The number of pyridine rings is 1. The maximum Gasteiger partial charge on any atom is 0.0429 e. The molecule has 18 heavy (non-hydrogen) atoms. The normalized spacial score (nSPS) is 17.7. The molecule has 1 aromatic carbocycles. The van der Waals surface area contributed by atoms with E-state index in [1.54, 1.807) is 0 Å². The van der Waals surface area contributed by atoms with Crippen LogP contribution in [0.2, 0.25) is 0 Å². The Bertz CT molecular complexity index is 554. The zero-order valence-corrected chi connectivity index (χ0v) is 11.2. The standard InChI is InChI=1S/C15H16N2S/c1-11-8-16-7-6-12(11)9-17-14-10-18-15-5-3-2-4-13(14)15/h2-8,14,17H,9-10H2,1H3. The summed E-state index contributed by atoms with van der Waals surface area (Å²) in [5.74, 6) is 1.13. The van der Waals surface area contributed by atoms with Crippen molar-refractivity contribution in [2.24, 2.45) is 0 Å². The fraction of sp³-hybridized carbons (Fsp3) is 0.267. The Balaban J connectivity index is 1.71. The smallest absolute Gasteiger partial charge is 0.0429 e. The maximum atomic E-state index is 4.13. The first kappa shape index (κ1) is 11.8. The molecule has 0 aliphatic carbocycles. The molecule has 0 fully saturated rings. The fourth-order valence-electron chi connectivity index (χ4n) is 2.27. The molecule has 0 saturated heterocycles. The lowest BCUT2D eigenvalue weighted by atomic mass is 10.1. The molecular weight excluding hydrogens is 240 g/mol. The quantitative estimate of drug-likeness (QED) is 0.912. The van der Waals surface area contributed by atoms with E-state index in [0.29, 0.717) is 6.04 Å². The van der Waals surface area contributed by atoms with Gasteiger partial charge >= 0.3 is 0 Å². The summed E-state index contributed by atoms with van der Waals surface area (Å²) in [5.41, 5.74) is 4.03. The molecule has 0 spiro atoms. The van der Waals surface area contributed by atoms with Crippen molar-refractivity contribution in [3.05, 3.63) is 59.4 Å². The van der Waals surface area contributed by atoms with E-state index in [0.717, 1.165) is 12.3 Å². The van der Waals surface area contributed by atoms with Gasteiger partial charge in [0, 0.05) is 35.6 Å². The van der Waals surface area contributed by atoms with Crippen LogP contribution in [0.1, 0.15) is 22.7 Å². The van der Waals surface area contributed by atoms with Crippen LogP contribution in [0.25, 0.3) is 0 Å². The van der Waals surface area contributed by atoms with E-state index in [1.165, 1.54) is 21.6 Å². The van der Waals surface area contributed by atoms with Crippen molar-refractivity contribution in [2.75, 3.05) is 5.75 Å². The van der Waals surface area contributed by atoms with Crippen LogP contribution >= 0.6 is 11.8 Å². The van der Waals surface area contributed by atoms with Gasteiger partial charge in [-0.05, 0) is 35.7 Å². The summed E-state index contributed by atoms with van der Waals surface area (Å²) >= 11 is 1.94. The lowest BCUT2D eigenvalue weighted by Gasteiger charge is -2.14. The van der Waals surface area contributed by atoms with Crippen LogP contribution in [0.5, 0.6) is 0 Å². The average molecular weight is 256 g/mol. The van der Waals surface area contributed by atoms with Gasteiger partial charge in [0.1, 0.15) is 0 Å². The number of benzene rings is 1. The molecule has 2 heterocycles. The van der Waals surface area contributed by atoms with E-state index in [-0.39, 0.29) is 0 Å². The van der Waals surface area contributed by atoms with Crippen molar-refractivity contribution >= 4 is 11.8 Å². The number of aryl methyl sites for hydroxylation is 1. The van der Waals surface area contributed by atoms with Crippen LogP contribution in [-0.2, 0) is 6.54 Å². The number of rotatable bonds is 3. The van der Waals surface area contributed by atoms with Gasteiger partial charge in [0.2, 0.25) is 0 Å². The molecular formula is C15H16N2S. The van der Waals surface area contributed by atoms with Crippen LogP contribution in [0.4, 0.5) is 0 Å². The van der Waals surface area contributed by atoms with Crippen LogP contribution in [0.3, 0.4) is 0 Å². The summed E-state index contributed by atoms with van der Waals surface area (Å²) in [6.45, 7) is 3.02. The van der Waals surface area contributed by atoms with Crippen LogP contribution in [0, 0.1) is 6.92 Å². The van der Waals surface area contributed by atoms with E-state index >= 15 is 0 Å². The summed E-state index contributed by atoms with van der Waals surface area (Å²) < 4.78 is 0. The molecule has 1 atom stereocenters. The SMILES string of the molecule is Cc1cnccc1CNC1CSc2ccccc21. The lowest BCUT2D eigenvalue weighted by molar-refractivity contribution is 0.582. The van der Waals surface area contributed by atoms with Crippen LogP contribution in [-0.4, -0.2) is 10.7 Å². The van der Waals surface area contributed by atoms with E-state index < -0.39 is 0 Å².